The van der Waals surface area contributed by atoms with E-state index in [4.69, 9.17) is 5.11 Å². The summed E-state index contributed by atoms with van der Waals surface area (Å²) in [6, 6.07) is 0. The number of aliphatic hydroxyl groups is 1. The van der Waals surface area contributed by atoms with Crippen molar-refractivity contribution in [1.82, 2.24) is 0 Å². The molecule has 60 valence electrons. The quantitative estimate of drug-likeness (QED) is 0.467. The third-order valence-electron chi connectivity index (χ3n) is 0.702. The summed E-state index contributed by atoms with van der Waals surface area (Å²) in [5.74, 6) is 0.229. The van der Waals surface area contributed by atoms with Crippen molar-refractivity contribution < 1.29 is 5.11 Å². The second-order valence-electron chi connectivity index (χ2n) is 1.34. The van der Waals surface area contributed by atoms with Crippen molar-refractivity contribution >= 4 is 6.21 Å². The van der Waals surface area contributed by atoms with Crippen LogP contribution in [0.25, 0.3) is 0 Å². The van der Waals surface area contributed by atoms with Crippen molar-refractivity contribution in [3.63, 3.8) is 0 Å². The average Bonchev–Trinajstić information content (AvgIpc) is 2.04. The minimum absolute atomic E-state index is 0.229. The van der Waals surface area contributed by atoms with Crippen LogP contribution in [0.4, 0.5) is 0 Å². The number of allylic oxidation sites excluding steroid dienone is 2. The molecule has 0 aliphatic rings. The molecule has 0 spiro atoms. The molecule has 0 aromatic carbocycles. The normalized spacial score (nSPS) is 11.0. The minimum atomic E-state index is 0.229. The second-order valence-corrected chi connectivity index (χ2v) is 1.34. The Balaban J connectivity index is 0. The Kier molecular flexibility index (Phi) is 13.2. The van der Waals surface area contributed by atoms with Crippen molar-refractivity contribution in [3.8, 4) is 0 Å². The molecule has 0 unspecified atom stereocenters. The van der Waals surface area contributed by atoms with Crippen LogP contribution in [0.1, 0.15) is 27.7 Å². The molecule has 0 radical (unpaired) electrons. The van der Waals surface area contributed by atoms with Gasteiger partial charge in [0.15, 0.2) is 0 Å². The number of hydrogen-bond donors (Lipinski definition) is 1. The summed E-state index contributed by atoms with van der Waals surface area (Å²) in [4.78, 5) is 3.80. The van der Waals surface area contributed by atoms with E-state index in [-0.39, 0.29) is 5.76 Å². The fourth-order valence-corrected chi connectivity index (χ4v) is 0.259. The predicted molar refractivity (Wildman–Crippen MR) is 46.8 cm³/mol. The Labute approximate surface area is 63.3 Å². The summed E-state index contributed by atoms with van der Waals surface area (Å²) in [6.45, 7) is 8.40. The minimum Gasteiger partial charge on any atom is -0.507 e. The van der Waals surface area contributed by atoms with Gasteiger partial charge in [-0.1, -0.05) is 13.8 Å². The molecule has 0 aliphatic carbocycles. The maximum Gasteiger partial charge on any atom is 0.129 e. The number of aliphatic hydroxyl groups excluding tert-OH is 1. The summed E-state index contributed by atoms with van der Waals surface area (Å²) >= 11 is 0. The van der Waals surface area contributed by atoms with Gasteiger partial charge in [0.2, 0.25) is 0 Å². The van der Waals surface area contributed by atoms with E-state index in [0.29, 0.717) is 0 Å². The van der Waals surface area contributed by atoms with E-state index in [1.807, 2.05) is 20.8 Å². The Morgan fingerprint density at radius 3 is 2.30 bits per heavy atom. The second kappa shape index (κ2) is 11.1. The maximum atomic E-state index is 8.70. The molecule has 0 aromatic heterocycles. The third-order valence-corrected chi connectivity index (χ3v) is 0.702. The van der Waals surface area contributed by atoms with E-state index >= 15 is 0 Å². The van der Waals surface area contributed by atoms with Gasteiger partial charge in [0.1, 0.15) is 5.76 Å². The van der Waals surface area contributed by atoms with E-state index < -0.39 is 0 Å². The number of hydrogen-bond acceptors (Lipinski definition) is 2. The van der Waals surface area contributed by atoms with Gasteiger partial charge >= 0.3 is 0 Å². The maximum absolute atomic E-state index is 8.70. The first-order chi connectivity index (χ1) is 4.81. The van der Waals surface area contributed by atoms with Gasteiger partial charge in [-0.05, 0) is 19.9 Å². The van der Waals surface area contributed by atoms with Crippen LogP contribution < -0.4 is 0 Å². The molecule has 2 nitrogen and oxygen atoms in total. The number of nitrogens with zero attached hydrogens (tertiary/aromatic N) is 1. The lowest BCUT2D eigenvalue weighted by Gasteiger charge is -1.83. The van der Waals surface area contributed by atoms with E-state index in [2.05, 4.69) is 4.99 Å². The van der Waals surface area contributed by atoms with Crippen LogP contribution in [-0.4, -0.2) is 17.9 Å². The molecular weight excluding hydrogens is 126 g/mol. The van der Waals surface area contributed by atoms with Gasteiger partial charge in [-0.25, -0.2) is 0 Å². The third kappa shape index (κ3) is 10.2. The summed E-state index contributed by atoms with van der Waals surface area (Å²) < 4.78 is 0. The van der Waals surface area contributed by atoms with Crippen molar-refractivity contribution in [2.45, 2.75) is 27.7 Å². The van der Waals surface area contributed by atoms with Gasteiger partial charge in [-0.2, -0.15) is 0 Å². The van der Waals surface area contributed by atoms with Crippen molar-refractivity contribution in [1.29, 1.82) is 0 Å². The zero-order chi connectivity index (χ0) is 8.41. The molecule has 0 aromatic rings. The molecule has 0 aliphatic heterocycles. The zero-order valence-electron chi connectivity index (χ0n) is 7.26. The molecule has 0 heterocycles. The molecule has 1 N–H and O–H groups in total. The number of rotatable bonds is 2. The first-order valence-electron chi connectivity index (χ1n) is 3.66. The van der Waals surface area contributed by atoms with Crippen LogP contribution in [0.2, 0.25) is 0 Å². The smallest absolute Gasteiger partial charge is 0.129 e. The van der Waals surface area contributed by atoms with E-state index in [0.717, 1.165) is 6.54 Å². The Hall–Kier alpha value is -0.790. The fourth-order valence-electron chi connectivity index (χ4n) is 0.259. The molecule has 0 rings (SSSR count). The first-order valence-corrected chi connectivity index (χ1v) is 3.66. The van der Waals surface area contributed by atoms with Gasteiger partial charge in [-0.3, -0.25) is 4.99 Å². The van der Waals surface area contributed by atoms with Crippen LogP contribution in [-0.2, 0) is 0 Å². The van der Waals surface area contributed by atoms with Crippen LogP contribution >= 0.6 is 0 Å². The predicted octanol–water partition coefficient (Wildman–Crippen LogP) is 2.57. The summed E-state index contributed by atoms with van der Waals surface area (Å²) in [6.07, 6.45) is 3.04. The highest BCUT2D eigenvalue weighted by atomic mass is 16.3. The summed E-state index contributed by atoms with van der Waals surface area (Å²) in [7, 11) is 0. The first kappa shape index (κ1) is 11.9. The molecule has 0 saturated heterocycles. The van der Waals surface area contributed by atoms with Crippen LogP contribution in [0.15, 0.2) is 16.8 Å². The van der Waals surface area contributed by atoms with Crippen molar-refractivity contribution in [2.75, 3.05) is 6.54 Å². The molecule has 0 fully saturated rings. The Morgan fingerprint density at radius 1 is 1.50 bits per heavy atom. The summed E-state index contributed by atoms with van der Waals surface area (Å²) in [5.41, 5.74) is 0. The van der Waals surface area contributed by atoms with Crippen molar-refractivity contribution in [2.24, 2.45) is 4.99 Å². The van der Waals surface area contributed by atoms with Crippen LogP contribution in [0.3, 0.4) is 0 Å². The standard InChI is InChI=1S/C6H11NO.C2H6/c1-3-6(8)5-7-4-2;1-2/h3,5,8H,4H2,1-2H3;1-2H3/b6-3+,7-5?;. The SMILES string of the molecule is C/C=C(/O)C=NCC.CC. The van der Waals surface area contributed by atoms with Gasteiger partial charge in [0.05, 0.1) is 6.21 Å². The molecule has 0 saturated carbocycles. The van der Waals surface area contributed by atoms with Gasteiger partial charge < -0.3 is 5.11 Å². The molecule has 2 heteroatoms. The fraction of sp³-hybridized carbons (Fsp3) is 0.625. The molecule has 0 bridgehead atoms. The van der Waals surface area contributed by atoms with E-state index in [9.17, 15) is 0 Å². The molecule has 0 amide bonds. The Bertz CT molecular complexity index is 106. The average molecular weight is 143 g/mol. The Morgan fingerprint density at radius 2 is 2.00 bits per heavy atom. The van der Waals surface area contributed by atoms with E-state index in [1.165, 1.54) is 6.21 Å². The van der Waals surface area contributed by atoms with Crippen LogP contribution in [0, 0.1) is 0 Å². The largest absolute Gasteiger partial charge is 0.507 e. The highest BCUT2D eigenvalue weighted by Gasteiger charge is 1.76. The lowest BCUT2D eigenvalue weighted by Crippen LogP contribution is -1.80. The number of aliphatic imine (C=N–C) groups is 1. The lowest BCUT2D eigenvalue weighted by atomic mass is 10.5. The lowest BCUT2D eigenvalue weighted by molar-refractivity contribution is 0.445. The van der Waals surface area contributed by atoms with Gasteiger partial charge in [0.25, 0.3) is 0 Å². The molecular formula is C8H17NO. The topological polar surface area (TPSA) is 32.6 Å². The van der Waals surface area contributed by atoms with Gasteiger partial charge in [0, 0.05) is 6.54 Å². The van der Waals surface area contributed by atoms with Crippen molar-refractivity contribution in [3.05, 3.63) is 11.8 Å². The molecule has 0 atom stereocenters. The van der Waals surface area contributed by atoms with Gasteiger partial charge in [-0.15, -0.1) is 0 Å². The molecule has 10 heavy (non-hydrogen) atoms. The highest BCUT2D eigenvalue weighted by Crippen LogP contribution is 1.79. The summed E-state index contributed by atoms with van der Waals surface area (Å²) in [5, 5.41) is 8.70. The van der Waals surface area contributed by atoms with E-state index in [1.54, 1.807) is 13.0 Å². The zero-order valence-corrected chi connectivity index (χ0v) is 7.26. The monoisotopic (exact) mass is 143 g/mol. The van der Waals surface area contributed by atoms with Crippen LogP contribution in [0.5, 0.6) is 0 Å². The highest BCUT2D eigenvalue weighted by molar-refractivity contribution is 5.74.